The lowest BCUT2D eigenvalue weighted by atomic mass is 9.98. The Labute approximate surface area is 210 Å². The van der Waals surface area contributed by atoms with Gasteiger partial charge >= 0.3 is 0 Å². The van der Waals surface area contributed by atoms with Crippen LogP contribution < -0.4 is 4.74 Å². The third-order valence-corrected chi connectivity index (χ3v) is 7.17. The molecule has 0 bridgehead atoms. The van der Waals surface area contributed by atoms with Gasteiger partial charge in [-0.1, -0.05) is 23.4 Å². The largest absolute Gasteiger partial charge is 0.492 e. The van der Waals surface area contributed by atoms with Crippen LogP contribution in [0.25, 0.3) is 33.8 Å². The van der Waals surface area contributed by atoms with E-state index in [1.165, 1.54) is 31.5 Å². The van der Waals surface area contributed by atoms with Gasteiger partial charge in [-0.15, -0.1) is 0 Å². The minimum Gasteiger partial charge on any atom is -0.492 e. The van der Waals surface area contributed by atoms with Crippen LogP contribution in [0.15, 0.2) is 82.6 Å². The van der Waals surface area contributed by atoms with Crippen LogP contribution in [-0.2, 0) is 6.42 Å². The molecule has 1 aliphatic carbocycles. The van der Waals surface area contributed by atoms with Gasteiger partial charge in [0.2, 0.25) is 0 Å². The van der Waals surface area contributed by atoms with Crippen LogP contribution >= 0.6 is 0 Å². The molecule has 3 heterocycles. The van der Waals surface area contributed by atoms with Crippen LogP contribution in [0.3, 0.4) is 0 Å². The third-order valence-electron chi connectivity index (χ3n) is 7.17. The second kappa shape index (κ2) is 9.99. The highest BCUT2D eigenvalue weighted by Gasteiger charge is 2.22. The van der Waals surface area contributed by atoms with E-state index in [0.717, 1.165) is 70.2 Å². The molecule has 1 N–H and O–H groups in total. The highest BCUT2D eigenvalue weighted by atomic mass is 16.5. The number of furan rings is 1. The molecular weight excluding hydrogens is 450 g/mol. The lowest BCUT2D eigenvalue weighted by Gasteiger charge is -2.14. The predicted octanol–water partition coefficient (Wildman–Crippen LogP) is 6.27. The molecule has 6 heteroatoms. The lowest BCUT2D eigenvalue weighted by molar-refractivity contribution is 0.238. The smallest absolute Gasteiger partial charge is 0.142 e. The van der Waals surface area contributed by atoms with Gasteiger partial charge in [0.1, 0.15) is 23.9 Å². The van der Waals surface area contributed by atoms with Crippen molar-refractivity contribution in [2.24, 2.45) is 5.16 Å². The molecule has 0 spiro atoms. The molecule has 6 rings (SSSR count). The summed E-state index contributed by atoms with van der Waals surface area (Å²) in [5, 5.41) is 12.8. The molecule has 0 atom stereocenters. The van der Waals surface area contributed by atoms with Crippen LogP contribution in [-0.4, -0.2) is 47.0 Å². The van der Waals surface area contributed by atoms with Crippen molar-refractivity contribution < 1.29 is 14.4 Å². The van der Waals surface area contributed by atoms with E-state index in [2.05, 4.69) is 45.4 Å². The van der Waals surface area contributed by atoms with Crippen molar-refractivity contribution in [1.29, 1.82) is 0 Å². The maximum atomic E-state index is 9.29. The van der Waals surface area contributed by atoms with Gasteiger partial charge in [0.25, 0.3) is 0 Å². The van der Waals surface area contributed by atoms with Gasteiger partial charge in [-0.25, -0.2) is 0 Å². The first-order chi connectivity index (χ1) is 17.8. The number of likely N-dealkylation sites (tertiary alicyclic amines) is 1. The Morgan fingerprint density at radius 3 is 2.42 bits per heavy atom. The van der Waals surface area contributed by atoms with Crippen molar-refractivity contribution >= 4 is 5.71 Å². The number of pyridine rings is 1. The van der Waals surface area contributed by atoms with Crippen molar-refractivity contribution in [3.05, 3.63) is 84.2 Å². The summed E-state index contributed by atoms with van der Waals surface area (Å²) in [5.74, 6) is 2.49. The van der Waals surface area contributed by atoms with Gasteiger partial charge in [-0.3, -0.25) is 9.88 Å². The fourth-order valence-electron chi connectivity index (χ4n) is 5.22. The molecule has 4 aromatic rings. The highest BCUT2D eigenvalue weighted by molar-refractivity contribution is 6.04. The quantitative estimate of drug-likeness (QED) is 0.250. The second-order valence-corrected chi connectivity index (χ2v) is 9.43. The molecule has 36 heavy (non-hydrogen) atoms. The van der Waals surface area contributed by atoms with E-state index in [0.29, 0.717) is 6.61 Å². The highest BCUT2D eigenvalue weighted by Crippen LogP contribution is 2.40. The van der Waals surface area contributed by atoms with E-state index in [4.69, 9.17) is 9.15 Å². The number of ether oxygens (including phenoxy) is 1. The molecular formula is C30H29N3O3. The van der Waals surface area contributed by atoms with Gasteiger partial charge < -0.3 is 14.4 Å². The molecule has 2 aromatic carbocycles. The van der Waals surface area contributed by atoms with E-state index in [-0.39, 0.29) is 0 Å². The van der Waals surface area contributed by atoms with Crippen LogP contribution in [0.4, 0.5) is 0 Å². The third kappa shape index (κ3) is 4.52. The number of aromatic nitrogens is 1. The zero-order valence-corrected chi connectivity index (χ0v) is 20.2. The average Bonchev–Trinajstić information content (AvgIpc) is 3.69. The number of rotatable bonds is 7. The minimum atomic E-state index is 0.706. The lowest BCUT2D eigenvalue weighted by Crippen LogP contribution is -2.25. The van der Waals surface area contributed by atoms with Gasteiger partial charge in [0.05, 0.1) is 5.71 Å². The van der Waals surface area contributed by atoms with Crippen LogP contribution in [0, 0.1) is 0 Å². The molecule has 0 radical (unpaired) electrons. The molecule has 182 valence electrons. The summed E-state index contributed by atoms with van der Waals surface area (Å²) in [6, 6.07) is 20.5. The molecule has 0 amide bonds. The summed E-state index contributed by atoms with van der Waals surface area (Å²) in [4.78, 5) is 6.62. The Morgan fingerprint density at radius 1 is 0.861 bits per heavy atom. The van der Waals surface area contributed by atoms with E-state index >= 15 is 0 Å². The van der Waals surface area contributed by atoms with E-state index in [9.17, 15) is 5.21 Å². The topological polar surface area (TPSA) is 71.1 Å². The van der Waals surface area contributed by atoms with Gasteiger partial charge in [0, 0.05) is 41.2 Å². The molecule has 1 aliphatic heterocycles. The second-order valence-electron chi connectivity index (χ2n) is 9.43. The SMILES string of the molecule is O/N=C1\CCc2cc(-c3cc(-c4ccc(OCCN5CCCC5)cc4)oc3-c3ccncc3)ccc21. The average molecular weight is 480 g/mol. The van der Waals surface area contributed by atoms with Crippen molar-refractivity contribution in [1.82, 2.24) is 9.88 Å². The number of hydrogen-bond acceptors (Lipinski definition) is 6. The molecule has 2 aliphatic rings. The Kier molecular flexibility index (Phi) is 6.26. The number of benzene rings is 2. The predicted molar refractivity (Wildman–Crippen MR) is 141 cm³/mol. The summed E-state index contributed by atoms with van der Waals surface area (Å²) in [5.41, 5.74) is 7.05. The van der Waals surface area contributed by atoms with Crippen LogP contribution in [0.1, 0.15) is 30.4 Å². The maximum Gasteiger partial charge on any atom is 0.142 e. The standard InChI is InChI=1S/C30H29N3O3/c34-32-28-10-6-23-19-24(5-9-26(23)28)27-20-29(36-30(27)22-11-13-31-14-12-22)21-3-7-25(8-4-21)35-18-17-33-15-1-2-16-33/h3-5,7-9,11-14,19-20,34H,1-2,6,10,15-18H2/b32-28+. The summed E-state index contributed by atoms with van der Waals surface area (Å²) in [7, 11) is 0. The van der Waals surface area contributed by atoms with Gasteiger partial charge in [0.15, 0.2) is 0 Å². The first-order valence-electron chi connectivity index (χ1n) is 12.6. The molecule has 2 aromatic heterocycles. The fraction of sp³-hybridized carbons (Fsp3) is 0.267. The van der Waals surface area contributed by atoms with Crippen LogP contribution in [0.2, 0.25) is 0 Å². The number of hydrogen-bond donors (Lipinski definition) is 1. The van der Waals surface area contributed by atoms with Crippen molar-refractivity contribution in [3.63, 3.8) is 0 Å². The molecule has 0 unspecified atom stereocenters. The van der Waals surface area contributed by atoms with Crippen molar-refractivity contribution in [2.75, 3.05) is 26.2 Å². The van der Waals surface area contributed by atoms with Crippen molar-refractivity contribution in [2.45, 2.75) is 25.7 Å². The summed E-state index contributed by atoms with van der Waals surface area (Å²) >= 11 is 0. The maximum absolute atomic E-state index is 9.29. The Balaban J connectivity index is 1.28. The molecule has 1 saturated heterocycles. The normalized spacial score (nSPS) is 16.5. The van der Waals surface area contributed by atoms with E-state index in [1.807, 2.05) is 30.3 Å². The Hall–Kier alpha value is -3.90. The van der Waals surface area contributed by atoms with Gasteiger partial charge in [-0.05, 0) is 92.4 Å². The Bertz CT molecular complexity index is 1370. The van der Waals surface area contributed by atoms with E-state index < -0.39 is 0 Å². The summed E-state index contributed by atoms with van der Waals surface area (Å²) in [6.07, 6.45) is 7.78. The van der Waals surface area contributed by atoms with Gasteiger partial charge in [-0.2, -0.15) is 0 Å². The first kappa shape index (κ1) is 22.6. The number of fused-ring (bicyclic) bond motifs is 1. The van der Waals surface area contributed by atoms with Crippen LogP contribution in [0.5, 0.6) is 5.75 Å². The molecule has 6 nitrogen and oxygen atoms in total. The fourth-order valence-corrected chi connectivity index (χ4v) is 5.22. The van der Waals surface area contributed by atoms with E-state index in [1.54, 1.807) is 12.4 Å². The monoisotopic (exact) mass is 479 g/mol. The summed E-state index contributed by atoms with van der Waals surface area (Å²) < 4.78 is 12.4. The molecule has 1 fully saturated rings. The minimum absolute atomic E-state index is 0.706. The number of nitrogens with zero attached hydrogens (tertiary/aromatic N) is 3. The first-order valence-corrected chi connectivity index (χ1v) is 12.6. The number of aryl methyl sites for hydroxylation is 1. The zero-order valence-electron chi connectivity index (χ0n) is 20.2. The molecule has 0 saturated carbocycles. The summed E-state index contributed by atoms with van der Waals surface area (Å²) in [6.45, 7) is 4.05. The Morgan fingerprint density at radius 2 is 1.64 bits per heavy atom. The zero-order chi connectivity index (χ0) is 24.3. The van der Waals surface area contributed by atoms with Crippen molar-refractivity contribution in [3.8, 4) is 39.5 Å². The number of oxime groups is 1.